The number of aromatic nitrogens is 1. The first kappa shape index (κ1) is 20.3. The minimum Gasteiger partial charge on any atom is -0.465 e. The lowest BCUT2D eigenvalue weighted by atomic mass is 9.98. The minimum atomic E-state index is -1.12. The number of nitrogens with zero attached hydrogens (tertiary/aromatic N) is 1. The molecule has 0 aliphatic rings. The molecule has 0 saturated carbocycles. The van der Waals surface area contributed by atoms with Gasteiger partial charge in [-0.2, -0.15) is 0 Å². The highest BCUT2D eigenvalue weighted by Crippen LogP contribution is 2.35. The Hall–Kier alpha value is -2.45. The smallest absolute Gasteiger partial charge is 0.322 e. The fourth-order valence-electron chi connectivity index (χ4n) is 2.90. The highest BCUT2D eigenvalue weighted by atomic mass is 32.1. The number of ether oxygens (including phenoxy) is 2. The van der Waals surface area contributed by atoms with E-state index in [1.165, 1.54) is 22.7 Å². The molecule has 3 rings (SSSR count). The van der Waals surface area contributed by atoms with Gasteiger partial charge < -0.3 is 14.8 Å². The van der Waals surface area contributed by atoms with Crippen LogP contribution in [-0.4, -0.2) is 30.1 Å². The summed E-state index contributed by atoms with van der Waals surface area (Å²) in [6, 6.07) is 9.12. The van der Waals surface area contributed by atoms with Gasteiger partial charge in [0.1, 0.15) is 0 Å². The first-order valence-corrected chi connectivity index (χ1v) is 10.7. The fraction of sp³-hybridized carbons (Fsp3) is 0.350. The standard InChI is InChI=1S/C20H22N2O4S2/c1-4-25-18(23)15(19(24)26-5-2)17(13-10-7-11-27-13)22-20-21-16-12(3)8-6-9-14(16)28-20/h6-11,15,17H,4-5H2,1-3H3,(H,21,22). The van der Waals surface area contributed by atoms with Gasteiger partial charge in [0.25, 0.3) is 0 Å². The van der Waals surface area contributed by atoms with Crippen molar-refractivity contribution in [1.29, 1.82) is 0 Å². The molecule has 0 bridgehead atoms. The third-order valence-electron chi connectivity index (χ3n) is 4.16. The van der Waals surface area contributed by atoms with Crippen LogP contribution in [0.3, 0.4) is 0 Å². The maximum Gasteiger partial charge on any atom is 0.322 e. The summed E-state index contributed by atoms with van der Waals surface area (Å²) in [5.74, 6) is -2.33. The van der Waals surface area contributed by atoms with E-state index < -0.39 is 23.9 Å². The Morgan fingerprint density at radius 2 is 1.82 bits per heavy atom. The third kappa shape index (κ3) is 4.34. The number of thiazole rings is 1. The van der Waals surface area contributed by atoms with E-state index in [-0.39, 0.29) is 13.2 Å². The number of aryl methyl sites for hydroxylation is 1. The molecule has 1 atom stereocenters. The molecule has 2 heterocycles. The summed E-state index contributed by atoms with van der Waals surface area (Å²) in [5.41, 5.74) is 1.98. The van der Waals surface area contributed by atoms with Gasteiger partial charge in [0.05, 0.1) is 29.5 Å². The van der Waals surface area contributed by atoms with Crippen molar-refractivity contribution in [2.45, 2.75) is 26.8 Å². The molecule has 6 nitrogen and oxygen atoms in total. The molecule has 8 heteroatoms. The van der Waals surface area contributed by atoms with Gasteiger partial charge in [-0.3, -0.25) is 9.59 Å². The van der Waals surface area contributed by atoms with Gasteiger partial charge in [-0.05, 0) is 43.8 Å². The van der Waals surface area contributed by atoms with Crippen LogP contribution in [0.2, 0.25) is 0 Å². The highest BCUT2D eigenvalue weighted by molar-refractivity contribution is 7.22. The van der Waals surface area contributed by atoms with Crippen LogP contribution in [0.25, 0.3) is 10.2 Å². The number of esters is 2. The first-order valence-electron chi connectivity index (χ1n) is 9.04. The van der Waals surface area contributed by atoms with Crippen molar-refractivity contribution in [3.8, 4) is 0 Å². The van der Waals surface area contributed by atoms with Crippen molar-refractivity contribution in [2.75, 3.05) is 18.5 Å². The van der Waals surface area contributed by atoms with Crippen LogP contribution in [0.4, 0.5) is 5.13 Å². The van der Waals surface area contributed by atoms with E-state index in [1.807, 2.05) is 42.6 Å². The molecule has 3 aromatic rings. The summed E-state index contributed by atoms with van der Waals surface area (Å²) in [7, 11) is 0. The lowest BCUT2D eigenvalue weighted by molar-refractivity contribution is -0.162. The minimum absolute atomic E-state index is 0.187. The van der Waals surface area contributed by atoms with Gasteiger partial charge in [0.15, 0.2) is 11.0 Å². The van der Waals surface area contributed by atoms with E-state index in [9.17, 15) is 9.59 Å². The Morgan fingerprint density at radius 3 is 2.39 bits per heavy atom. The van der Waals surface area contributed by atoms with Gasteiger partial charge in [-0.25, -0.2) is 4.98 Å². The van der Waals surface area contributed by atoms with E-state index in [4.69, 9.17) is 9.47 Å². The maximum absolute atomic E-state index is 12.6. The van der Waals surface area contributed by atoms with Crippen molar-refractivity contribution in [3.05, 3.63) is 46.2 Å². The Bertz CT molecular complexity index is 934. The maximum atomic E-state index is 12.6. The van der Waals surface area contributed by atoms with E-state index in [2.05, 4.69) is 10.3 Å². The van der Waals surface area contributed by atoms with Crippen molar-refractivity contribution in [3.63, 3.8) is 0 Å². The van der Waals surface area contributed by atoms with Crippen LogP contribution >= 0.6 is 22.7 Å². The molecule has 2 aromatic heterocycles. The molecule has 0 fully saturated rings. The zero-order chi connectivity index (χ0) is 20.1. The molecular formula is C20H22N2O4S2. The van der Waals surface area contributed by atoms with Gasteiger partial charge in [-0.1, -0.05) is 29.5 Å². The number of para-hydroxylation sites is 1. The van der Waals surface area contributed by atoms with Crippen LogP contribution in [0, 0.1) is 12.8 Å². The molecule has 0 radical (unpaired) electrons. The normalized spacial score (nSPS) is 12.1. The lowest BCUT2D eigenvalue weighted by Crippen LogP contribution is -2.36. The van der Waals surface area contributed by atoms with E-state index >= 15 is 0 Å². The largest absolute Gasteiger partial charge is 0.465 e. The molecular weight excluding hydrogens is 396 g/mol. The summed E-state index contributed by atoms with van der Waals surface area (Å²) in [6.07, 6.45) is 0. The molecule has 1 N–H and O–H groups in total. The summed E-state index contributed by atoms with van der Waals surface area (Å²) in [5, 5.41) is 5.84. The second-order valence-corrected chi connectivity index (χ2v) is 8.07. The average Bonchev–Trinajstić information content (AvgIpc) is 3.32. The van der Waals surface area contributed by atoms with Crippen molar-refractivity contribution in [1.82, 2.24) is 4.98 Å². The van der Waals surface area contributed by atoms with E-state index in [0.29, 0.717) is 5.13 Å². The van der Waals surface area contributed by atoms with Crippen LogP contribution in [0.15, 0.2) is 35.7 Å². The predicted octanol–water partition coefficient (Wildman–Crippen LogP) is 4.56. The summed E-state index contributed by atoms with van der Waals surface area (Å²) >= 11 is 2.94. The van der Waals surface area contributed by atoms with Crippen LogP contribution < -0.4 is 5.32 Å². The molecule has 0 amide bonds. The first-order chi connectivity index (χ1) is 13.5. The lowest BCUT2D eigenvalue weighted by Gasteiger charge is -2.24. The molecule has 0 saturated heterocycles. The van der Waals surface area contributed by atoms with Gasteiger partial charge in [0.2, 0.25) is 0 Å². The number of nitrogens with one attached hydrogen (secondary N) is 1. The number of hydrogen-bond acceptors (Lipinski definition) is 8. The number of benzene rings is 1. The van der Waals surface area contributed by atoms with Crippen molar-refractivity contribution in [2.24, 2.45) is 5.92 Å². The molecule has 0 spiro atoms. The van der Waals surface area contributed by atoms with E-state index in [1.54, 1.807) is 13.8 Å². The molecule has 0 aliphatic carbocycles. The quantitative estimate of drug-likeness (QED) is 0.427. The van der Waals surface area contributed by atoms with Crippen LogP contribution in [0.1, 0.15) is 30.3 Å². The van der Waals surface area contributed by atoms with Gasteiger partial charge >= 0.3 is 11.9 Å². The second kappa shape index (κ2) is 9.16. The van der Waals surface area contributed by atoms with E-state index in [0.717, 1.165) is 20.7 Å². The zero-order valence-electron chi connectivity index (χ0n) is 15.9. The number of hydrogen-bond donors (Lipinski definition) is 1. The SMILES string of the molecule is CCOC(=O)C(C(=O)OCC)C(Nc1nc2c(C)cccc2s1)c1cccs1. The second-order valence-electron chi connectivity index (χ2n) is 6.06. The Kier molecular flexibility index (Phi) is 6.64. The molecule has 0 aliphatic heterocycles. The third-order valence-corrected chi connectivity index (χ3v) is 6.07. The number of carbonyl (C=O) groups excluding carboxylic acids is 2. The van der Waals surface area contributed by atoms with Crippen molar-refractivity contribution >= 4 is 50.0 Å². The van der Waals surface area contributed by atoms with Crippen LogP contribution in [0.5, 0.6) is 0 Å². The summed E-state index contributed by atoms with van der Waals surface area (Å²) < 4.78 is 11.4. The Morgan fingerprint density at radius 1 is 1.11 bits per heavy atom. The number of anilines is 1. The Balaban J connectivity index is 2.00. The number of carbonyl (C=O) groups is 2. The highest BCUT2D eigenvalue weighted by Gasteiger charge is 2.39. The summed E-state index contributed by atoms with van der Waals surface area (Å²) in [4.78, 5) is 30.8. The monoisotopic (exact) mass is 418 g/mol. The van der Waals surface area contributed by atoms with Gasteiger partial charge in [-0.15, -0.1) is 11.3 Å². The molecule has 1 aromatic carbocycles. The molecule has 148 valence electrons. The number of rotatable bonds is 8. The predicted molar refractivity (Wildman–Crippen MR) is 112 cm³/mol. The topological polar surface area (TPSA) is 77.5 Å². The van der Waals surface area contributed by atoms with Gasteiger partial charge in [0, 0.05) is 4.88 Å². The Labute approximate surface area is 171 Å². The summed E-state index contributed by atoms with van der Waals surface area (Å²) in [6.45, 7) is 5.80. The number of thiophene rings is 1. The zero-order valence-corrected chi connectivity index (χ0v) is 17.6. The van der Waals surface area contributed by atoms with Crippen molar-refractivity contribution < 1.29 is 19.1 Å². The van der Waals surface area contributed by atoms with Crippen LogP contribution in [-0.2, 0) is 19.1 Å². The molecule has 28 heavy (non-hydrogen) atoms. The fourth-order valence-corrected chi connectivity index (χ4v) is 4.69. The molecule has 1 unspecified atom stereocenters. The number of fused-ring (bicyclic) bond motifs is 1. The average molecular weight is 419 g/mol.